The number of ether oxygens (including phenoxy) is 1. The maximum atomic E-state index is 8.42. The van der Waals surface area contributed by atoms with Crippen molar-refractivity contribution in [2.45, 2.75) is 45.8 Å². The molecule has 0 aliphatic carbocycles. The van der Waals surface area contributed by atoms with Gasteiger partial charge >= 0.3 is 0 Å². The molecule has 6 heteroatoms. The number of oxime groups is 1. The smallest absolute Gasteiger partial charge is 0.218 e. The van der Waals surface area contributed by atoms with E-state index >= 15 is 0 Å². The summed E-state index contributed by atoms with van der Waals surface area (Å²) in [7, 11) is 0. The van der Waals surface area contributed by atoms with Gasteiger partial charge in [0.15, 0.2) is 0 Å². The van der Waals surface area contributed by atoms with Crippen molar-refractivity contribution in [1.29, 1.82) is 0 Å². The van der Waals surface area contributed by atoms with Crippen LogP contribution >= 0.6 is 0 Å². The molecule has 20 heavy (non-hydrogen) atoms. The highest BCUT2D eigenvalue weighted by molar-refractivity contribution is 5.79. The van der Waals surface area contributed by atoms with Crippen molar-refractivity contribution in [3.8, 4) is 5.88 Å². The van der Waals surface area contributed by atoms with Gasteiger partial charge in [-0.2, -0.15) is 0 Å². The van der Waals surface area contributed by atoms with Crippen LogP contribution in [0.5, 0.6) is 5.88 Å². The average Bonchev–Trinajstić information content (AvgIpc) is 2.43. The maximum absolute atomic E-state index is 8.42. The van der Waals surface area contributed by atoms with Crippen molar-refractivity contribution in [2.75, 3.05) is 6.54 Å². The van der Waals surface area contributed by atoms with E-state index in [1.165, 1.54) is 0 Å². The van der Waals surface area contributed by atoms with E-state index in [1.54, 1.807) is 6.20 Å². The molecular formula is C14H24N4O2. The predicted molar refractivity (Wildman–Crippen MR) is 79.0 cm³/mol. The van der Waals surface area contributed by atoms with Gasteiger partial charge in [-0.15, -0.1) is 0 Å². The Kier molecular flexibility index (Phi) is 7.42. The molecule has 0 aliphatic rings. The second-order valence-electron chi connectivity index (χ2n) is 4.86. The van der Waals surface area contributed by atoms with Crippen LogP contribution in [-0.4, -0.2) is 28.7 Å². The van der Waals surface area contributed by atoms with Gasteiger partial charge in [0, 0.05) is 24.7 Å². The Morgan fingerprint density at radius 3 is 3.00 bits per heavy atom. The fraction of sp³-hybridized carbons (Fsp3) is 0.571. The Labute approximate surface area is 120 Å². The number of unbranched alkanes of at least 4 members (excludes halogenated alkanes) is 1. The minimum absolute atomic E-state index is 0.115. The summed E-state index contributed by atoms with van der Waals surface area (Å²) < 4.78 is 5.66. The van der Waals surface area contributed by atoms with Crippen LogP contribution in [0.2, 0.25) is 0 Å². The first-order valence-electron chi connectivity index (χ1n) is 6.91. The zero-order chi connectivity index (χ0) is 14.8. The lowest BCUT2D eigenvalue weighted by Crippen LogP contribution is -2.18. The highest BCUT2D eigenvalue weighted by atomic mass is 16.5. The first-order valence-corrected chi connectivity index (χ1v) is 6.91. The highest BCUT2D eigenvalue weighted by Crippen LogP contribution is 2.15. The molecule has 0 amide bonds. The molecule has 1 aromatic rings. The molecule has 4 N–H and O–H groups in total. The molecule has 0 bridgehead atoms. The summed E-state index contributed by atoms with van der Waals surface area (Å²) >= 11 is 0. The second-order valence-corrected chi connectivity index (χ2v) is 4.86. The van der Waals surface area contributed by atoms with Gasteiger partial charge in [-0.25, -0.2) is 4.98 Å². The van der Waals surface area contributed by atoms with Crippen LogP contribution in [0.25, 0.3) is 0 Å². The van der Waals surface area contributed by atoms with E-state index in [4.69, 9.17) is 15.7 Å². The molecule has 0 radical (unpaired) electrons. The standard InChI is InChI=1S/C14H24N4O2/c1-11(2)20-14-12(6-5-9-17-14)10-16-8-4-3-7-13(15)18-19/h5-6,9,11,16,19H,3-4,7-8,10H2,1-2H3,(H2,15,18). The highest BCUT2D eigenvalue weighted by Gasteiger charge is 2.05. The summed E-state index contributed by atoms with van der Waals surface area (Å²) in [5.41, 5.74) is 6.45. The van der Waals surface area contributed by atoms with Crippen LogP contribution in [0.1, 0.15) is 38.7 Å². The number of hydrogen-bond acceptors (Lipinski definition) is 5. The third kappa shape index (κ3) is 6.38. The monoisotopic (exact) mass is 280 g/mol. The molecule has 0 unspecified atom stereocenters. The molecule has 0 aromatic carbocycles. The number of pyridine rings is 1. The molecule has 112 valence electrons. The van der Waals surface area contributed by atoms with Gasteiger partial charge in [0.25, 0.3) is 0 Å². The van der Waals surface area contributed by atoms with Crippen molar-refractivity contribution in [1.82, 2.24) is 10.3 Å². The largest absolute Gasteiger partial charge is 0.475 e. The van der Waals surface area contributed by atoms with E-state index in [0.717, 1.165) is 31.5 Å². The van der Waals surface area contributed by atoms with Gasteiger partial charge in [0.05, 0.1) is 6.10 Å². The molecule has 1 rings (SSSR count). The Bertz CT molecular complexity index is 421. The number of rotatable bonds is 9. The van der Waals surface area contributed by atoms with E-state index in [9.17, 15) is 0 Å². The van der Waals surface area contributed by atoms with E-state index in [-0.39, 0.29) is 11.9 Å². The third-order valence-corrected chi connectivity index (χ3v) is 2.68. The number of nitrogens with one attached hydrogen (secondary N) is 1. The van der Waals surface area contributed by atoms with Crippen LogP contribution in [0, 0.1) is 0 Å². The molecule has 0 fully saturated rings. The predicted octanol–water partition coefficient (Wildman–Crippen LogP) is 1.88. The Morgan fingerprint density at radius 1 is 1.50 bits per heavy atom. The molecular weight excluding hydrogens is 256 g/mol. The number of nitrogens with zero attached hydrogens (tertiary/aromatic N) is 2. The molecule has 1 aromatic heterocycles. The van der Waals surface area contributed by atoms with E-state index in [0.29, 0.717) is 12.3 Å². The molecule has 1 heterocycles. The number of aromatic nitrogens is 1. The zero-order valence-electron chi connectivity index (χ0n) is 12.2. The average molecular weight is 280 g/mol. The maximum Gasteiger partial charge on any atom is 0.218 e. The van der Waals surface area contributed by atoms with Crippen LogP contribution in [-0.2, 0) is 6.54 Å². The SMILES string of the molecule is CC(C)Oc1ncccc1CNCCCCC(N)=NO. The van der Waals surface area contributed by atoms with E-state index in [1.807, 2.05) is 26.0 Å². The Balaban J connectivity index is 2.28. The number of nitrogens with two attached hydrogens (primary N) is 1. The number of amidine groups is 1. The van der Waals surface area contributed by atoms with Gasteiger partial charge in [-0.1, -0.05) is 11.2 Å². The molecule has 0 saturated carbocycles. The van der Waals surface area contributed by atoms with Crippen molar-refractivity contribution >= 4 is 5.84 Å². The quantitative estimate of drug-likeness (QED) is 0.211. The first kappa shape index (κ1) is 16.2. The van der Waals surface area contributed by atoms with Gasteiger partial charge < -0.3 is 21.0 Å². The van der Waals surface area contributed by atoms with Crippen LogP contribution in [0.3, 0.4) is 0 Å². The summed E-state index contributed by atoms with van der Waals surface area (Å²) in [6.07, 6.45) is 4.33. The van der Waals surface area contributed by atoms with Crippen molar-refractivity contribution in [3.63, 3.8) is 0 Å². The second kappa shape index (κ2) is 9.14. The summed E-state index contributed by atoms with van der Waals surface area (Å²) in [5, 5.41) is 14.7. The fourth-order valence-electron chi connectivity index (χ4n) is 1.72. The van der Waals surface area contributed by atoms with Crippen LogP contribution in [0.15, 0.2) is 23.5 Å². The molecule has 0 aliphatic heterocycles. The fourth-order valence-corrected chi connectivity index (χ4v) is 1.72. The lowest BCUT2D eigenvalue weighted by atomic mass is 10.2. The van der Waals surface area contributed by atoms with Gasteiger partial charge in [-0.05, 0) is 39.3 Å². The lowest BCUT2D eigenvalue weighted by Gasteiger charge is -2.13. The van der Waals surface area contributed by atoms with E-state index in [2.05, 4.69) is 15.5 Å². The lowest BCUT2D eigenvalue weighted by molar-refractivity contribution is 0.229. The van der Waals surface area contributed by atoms with Gasteiger partial charge in [0.2, 0.25) is 5.88 Å². The summed E-state index contributed by atoms with van der Waals surface area (Å²) in [6, 6.07) is 3.91. The number of hydrogen-bond donors (Lipinski definition) is 3. The molecule has 0 saturated heterocycles. The molecule has 0 atom stereocenters. The molecule has 6 nitrogen and oxygen atoms in total. The van der Waals surface area contributed by atoms with E-state index < -0.39 is 0 Å². The van der Waals surface area contributed by atoms with Crippen LogP contribution in [0.4, 0.5) is 0 Å². The van der Waals surface area contributed by atoms with Crippen LogP contribution < -0.4 is 15.8 Å². The third-order valence-electron chi connectivity index (χ3n) is 2.68. The molecule has 0 spiro atoms. The summed E-state index contributed by atoms with van der Waals surface area (Å²) in [6.45, 7) is 5.56. The minimum atomic E-state index is 0.115. The Morgan fingerprint density at radius 2 is 2.30 bits per heavy atom. The van der Waals surface area contributed by atoms with Crippen molar-refractivity contribution < 1.29 is 9.94 Å². The Hall–Kier alpha value is -1.82. The van der Waals surface area contributed by atoms with Crippen molar-refractivity contribution in [3.05, 3.63) is 23.9 Å². The van der Waals surface area contributed by atoms with Crippen molar-refractivity contribution in [2.24, 2.45) is 10.9 Å². The topological polar surface area (TPSA) is 92.8 Å². The normalized spacial score (nSPS) is 11.8. The van der Waals surface area contributed by atoms with Gasteiger partial charge in [-0.3, -0.25) is 0 Å². The van der Waals surface area contributed by atoms with Gasteiger partial charge in [0.1, 0.15) is 5.84 Å². The summed E-state index contributed by atoms with van der Waals surface area (Å²) in [5.74, 6) is 0.969. The summed E-state index contributed by atoms with van der Waals surface area (Å²) in [4.78, 5) is 4.25. The first-order chi connectivity index (χ1) is 9.63. The minimum Gasteiger partial charge on any atom is -0.475 e. The zero-order valence-corrected chi connectivity index (χ0v) is 12.2.